The van der Waals surface area contributed by atoms with Gasteiger partial charge in [-0.15, -0.1) is 0 Å². The van der Waals surface area contributed by atoms with Crippen molar-refractivity contribution in [2.24, 2.45) is 0 Å². The molecule has 0 saturated carbocycles. The first-order chi connectivity index (χ1) is 7.74. The second-order valence-corrected chi connectivity index (χ2v) is 4.42. The average molecular weight is 282 g/mol. The van der Waals surface area contributed by atoms with Crippen LogP contribution in [0.4, 0.5) is 0 Å². The van der Waals surface area contributed by atoms with E-state index in [1.54, 1.807) is 6.20 Å². The molecule has 0 aliphatic heterocycles. The van der Waals surface area contributed by atoms with E-state index in [1.165, 1.54) is 0 Å². The van der Waals surface area contributed by atoms with E-state index in [1.807, 2.05) is 25.1 Å². The van der Waals surface area contributed by atoms with Gasteiger partial charge in [0.2, 0.25) is 0 Å². The lowest BCUT2D eigenvalue weighted by Gasteiger charge is -2.01. The van der Waals surface area contributed by atoms with Crippen LogP contribution >= 0.6 is 15.9 Å². The van der Waals surface area contributed by atoms with E-state index in [0.29, 0.717) is 13.1 Å². The lowest BCUT2D eigenvalue weighted by atomic mass is 10.3. The highest BCUT2D eigenvalue weighted by Gasteiger charge is 2.00. The summed E-state index contributed by atoms with van der Waals surface area (Å²) in [6.45, 7) is 3.29. The van der Waals surface area contributed by atoms with E-state index < -0.39 is 0 Å². The molecular weight excluding hydrogens is 270 g/mol. The Morgan fingerprint density at radius 1 is 1.38 bits per heavy atom. The molecule has 84 valence electrons. The number of nitrogens with one attached hydrogen (secondary N) is 1. The Hall–Kier alpha value is -1.20. The number of rotatable bonds is 4. The van der Waals surface area contributed by atoms with E-state index in [0.717, 1.165) is 21.6 Å². The lowest BCUT2D eigenvalue weighted by Crippen LogP contribution is -2.13. The summed E-state index contributed by atoms with van der Waals surface area (Å²) in [5, 5.41) is 7.06. The van der Waals surface area contributed by atoms with Crippen LogP contribution in [0.2, 0.25) is 0 Å². The molecule has 0 spiro atoms. The predicted octanol–water partition coefficient (Wildman–Crippen LogP) is 2.43. The first kappa shape index (κ1) is 11.3. The highest BCUT2D eigenvalue weighted by atomic mass is 79.9. The quantitative estimate of drug-likeness (QED) is 0.935. The SMILES string of the molecule is Cc1cc(CNCc2ccc(Br)cn2)on1. The van der Waals surface area contributed by atoms with Crippen LogP contribution in [-0.2, 0) is 13.1 Å². The summed E-state index contributed by atoms with van der Waals surface area (Å²) in [5.74, 6) is 0.842. The summed E-state index contributed by atoms with van der Waals surface area (Å²) in [5.41, 5.74) is 1.90. The van der Waals surface area contributed by atoms with Gasteiger partial charge in [-0.05, 0) is 35.0 Å². The number of aromatic nitrogens is 2. The van der Waals surface area contributed by atoms with Gasteiger partial charge in [0.1, 0.15) is 0 Å². The van der Waals surface area contributed by atoms with E-state index in [9.17, 15) is 0 Å². The topological polar surface area (TPSA) is 51.0 Å². The molecule has 0 saturated heterocycles. The molecule has 5 heteroatoms. The van der Waals surface area contributed by atoms with E-state index >= 15 is 0 Å². The molecule has 1 N–H and O–H groups in total. The maximum atomic E-state index is 5.08. The van der Waals surface area contributed by atoms with Crippen molar-refractivity contribution in [1.29, 1.82) is 0 Å². The minimum absolute atomic E-state index is 0.665. The first-order valence-electron chi connectivity index (χ1n) is 4.97. The molecule has 0 radical (unpaired) electrons. The zero-order valence-corrected chi connectivity index (χ0v) is 10.5. The Morgan fingerprint density at radius 2 is 2.25 bits per heavy atom. The average Bonchev–Trinajstić information content (AvgIpc) is 2.67. The van der Waals surface area contributed by atoms with Gasteiger partial charge in [0.15, 0.2) is 5.76 Å². The second-order valence-electron chi connectivity index (χ2n) is 3.51. The van der Waals surface area contributed by atoms with Crippen molar-refractivity contribution >= 4 is 15.9 Å². The van der Waals surface area contributed by atoms with Crippen molar-refractivity contribution in [3.8, 4) is 0 Å². The van der Waals surface area contributed by atoms with Crippen LogP contribution in [0.1, 0.15) is 17.1 Å². The van der Waals surface area contributed by atoms with Gasteiger partial charge in [0.25, 0.3) is 0 Å². The molecular formula is C11H12BrN3O. The number of nitrogens with zero attached hydrogens (tertiary/aromatic N) is 2. The van der Waals surface area contributed by atoms with Gasteiger partial charge in [-0.2, -0.15) is 0 Å². The molecule has 0 fully saturated rings. The van der Waals surface area contributed by atoms with Gasteiger partial charge in [-0.3, -0.25) is 4.98 Å². The summed E-state index contributed by atoms with van der Waals surface area (Å²) in [4.78, 5) is 4.26. The van der Waals surface area contributed by atoms with E-state index in [4.69, 9.17) is 4.52 Å². The molecule has 4 nitrogen and oxygen atoms in total. The maximum Gasteiger partial charge on any atom is 0.150 e. The monoisotopic (exact) mass is 281 g/mol. The Balaban J connectivity index is 1.82. The number of hydrogen-bond donors (Lipinski definition) is 1. The molecule has 2 heterocycles. The van der Waals surface area contributed by atoms with Crippen molar-refractivity contribution in [3.05, 3.63) is 46.0 Å². The third-order valence-corrected chi connectivity index (χ3v) is 2.54. The fourth-order valence-electron chi connectivity index (χ4n) is 1.32. The van der Waals surface area contributed by atoms with Crippen molar-refractivity contribution < 1.29 is 4.52 Å². The van der Waals surface area contributed by atoms with Gasteiger partial charge in [-0.25, -0.2) is 0 Å². The summed E-state index contributed by atoms with van der Waals surface area (Å²) >= 11 is 3.35. The molecule has 0 aromatic carbocycles. The molecule has 0 unspecified atom stereocenters. The zero-order chi connectivity index (χ0) is 11.4. The molecule has 0 atom stereocenters. The van der Waals surface area contributed by atoms with Crippen LogP contribution in [0.5, 0.6) is 0 Å². The summed E-state index contributed by atoms with van der Waals surface area (Å²) in [6, 6.07) is 5.87. The van der Waals surface area contributed by atoms with Gasteiger partial charge in [0, 0.05) is 23.3 Å². The molecule has 0 aliphatic carbocycles. The van der Waals surface area contributed by atoms with Crippen LogP contribution in [-0.4, -0.2) is 10.1 Å². The summed E-state index contributed by atoms with van der Waals surface area (Å²) in [6.07, 6.45) is 1.79. The maximum absolute atomic E-state index is 5.08. The molecule has 16 heavy (non-hydrogen) atoms. The van der Waals surface area contributed by atoms with Gasteiger partial charge in [-0.1, -0.05) is 5.16 Å². The lowest BCUT2D eigenvalue weighted by molar-refractivity contribution is 0.369. The Kier molecular flexibility index (Phi) is 3.69. The van der Waals surface area contributed by atoms with E-state index in [2.05, 4.69) is 31.4 Å². The molecule has 0 bridgehead atoms. The Bertz CT molecular complexity index is 453. The van der Waals surface area contributed by atoms with Crippen molar-refractivity contribution in [2.45, 2.75) is 20.0 Å². The van der Waals surface area contributed by atoms with E-state index in [-0.39, 0.29) is 0 Å². The highest BCUT2D eigenvalue weighted by Crippen LogP contribution is 2.07. The van der Waals surface area contributed by atoms with Gasteiger partial charge in [0.05, 0.1) is 17.9 Å². The normalized spacial score (nSPS) is 10.6. The Labute approximate surface area is 102 Å². The largest absolute Gasteiger partial charge is 0.360 e. The third-order valence-electron chi connectivity index (χ3n) is 2.07. The van der Waals surface area contributed by atoms with Gasteiger partial charge < -0.3 is 9.84 Å². The summed E-state index contributed by atoms with van der Waals surface area (Å²) < 4.78 is 6.07. The predicted molar refractivity (Wildman–Crippen MR) is 63.7 cm³/mol. The van der Waals surface area contributed by atoms with Crippen molar-refractivity contribution in [3.63, 3.8) is 0 Å². The molecule has 2 rings (SSSR count). The molecule has 0 aliphatic rings. The smallest absolute Gasteiger partial charge is 0.150 e. The second kappa shape index (κ2) is 5.23. The van der Waals surface area contributed by atoms with Crippen LogP contribution in [0.15, 0.2) is 33.4 Å². The van der Waals surface area contributed by atoms with Gasteiger partial charge >= 0.3 is 0 Å². The molecule has 2 aromatic rings. The number of halogens is 1. The van der Waals surface area contributed by atoms with Crippen molar-refractivity contribution in [2.75, 3.05) is 0 Å². The van der Waals surface area contributed by atoms with Crippen molar-refractivity contribution in [1.82, 2.24) is 15.5 Å². The first-order valence-corrected chi connectivity index (χ1v) is 5.77. The Morgan fingerprint density at radius 3 is 2.88 bits per heavy atom. The van der Waals surface area contributed by atoms with Crippen LogP contribution in [0.25, 0.3) is 0 Å². The number of pyridine rings is 1. The molecule has 0 amide bonds. The summed E-state index contributed by atoms with van der Waals surface area (Å²) in [7, 11) is 0. The number of aryl methyl sites for hydroxylation is 1. The number of hydrogen-bond acceptors (Lipinski definition) is 4. The van der Waals surface area contributed by atoms with Crippen LogP contribution in [0, 0.1) is 6.92 Å². The third kappa shape index (κ3) is 3.15. The van der Waals surface area contributed by atoms with Crippen LogP contribution < -0.4 is 5.32 Å². The highest BCUT2D eigenvalue weighted by molar-refractivity contribution is 9.10. The zero-order valence-electron chi connectivity index (χ0n) is 8.90. The van der Waals surface area contributed by atoms with Crippen LogP contribution in [0.3, 0.4) is 0 Å². The minimum atomic E-state index is 0.665. The molecule has 2 aromatic heterocycles. The standard InChI is InChI=1S/C11H12BrN3O/c1-8-4-11(16-15-8)7-13-6-10-3-2-9(12)5-14-10/h2-5,13H,6-7H2,1H3. The minimum Gasteiger partial charge on any atom is -0.360 e. The fourth-order valence-corrected chi connectivity index (χ4v) is 1.56. The fraction of sp³-hybridized carbons (Fsp3) is 0.273.